The maximum absolute atomic E-state index is 13.9. The van der Waals surface area contributed by atoms with Crippen LogP contribution in [0.15, 0.2) is 18.2 Å². The average molecular weight is 302 g/mol. The van der Waals surface area contributed by atoms with Crippen molar-refractivity contribution in [2.24, 2.45) is 5.92 Å². The molecule has 0 bridgehead atoms. The second-order valence-corrected chi connectivity index (χ2v) is 5.12. The van der Waals surface area contributed by atoms with Crippen molar-refractivity contribution in [3.8, 4) is 5.75 Å². The summed E-state index contributed by atoms with van der Waals surface area (Å²) in [5, 5.41) is 1.03. The summed E-state index contributed by atoms with van der Waals surface area (Å²) in [6, 6.07) is 5.33. The lowest BCUT2D eigenvalue weighted by Gasteiger charge is -2.16. The zero-order chi connectivity index (χ0) is 12.3. The molecule has 4 heteroatoms. The Labute approximate surface area is 110 Å². The second kappa shape index (κ2) is 5.83. The Morgan fingerprint density at radius 3 is 3.00 bits per heavy atom. The fourth-order valence-corrected chi connectivity index (χ4v) is 2.79. The molecule has 1 aromatic rings. The van der Waals surface area contributed by atoms with E-state index in [2.05, 4.69) is 20.8 Å². The molecule has 0 aliphatic carbocycles. The summed E-state index contributed by atoms with van der Waals surface area (Å²) < 4.78 is 18.9. The van der Waals surface area contributed by atoms with Crippen LogP contribution in [0.4, 0.5) is 4.39 Å². The number of hydrogen-bond acceptors (Lipinski definition) is 2. The third kappa shape index (κ3) is 2.99. The van der Waals surface area contributed by atoms with Gasteiger partial charge in [0.1, 0.15) is 0 Å². The Kier molecular flexibility index (Phi) is 4.40. The summed E-state index contributed by atoms with van der Waals surface area (Å²) in [5.41, 5.74) is 0.722. The van der Waals surface area contributed by atoms with Crippen LogP contribution in [0.25, 0.3) is 0 Å². The van der Waals surface area contributed by atoms with Gasteiger partial charge in [-0.15, -0.1) is 0 Å². The van der Waals surface area contributed by atoms with Crippen molar-refractivity contribution in [2.75, 3.05) is 25.5 Å². The van der Waals surface area contributed by atoms with Crippen molar-refractivity contribution in [3.63, 3.8) is 0 Å². The van der Waals surface area contributed by atoms with Crippen LogP contribution in [0.1, 0.15) is 12.0 Å². The topological polar surface area (TPSA) is 12.5 Å². The lowest BCUT2D eigenvalue weighted by molar-refractivity contribution is 0.311. The standard InChI is InChI=1S/C13H17BrFNO/c1-17-12-4-2-3-11(13(12)15)9-16-6-5-10(7-14)8-16/h2-4,10H,5-9H2,1H3. The average Bonchev–Trinajstić information content (AvgIpc) is 2.79. The van der Waals surface area contributed by atoms with Crippen LogP contribution in [-0.4, -0.2) is 30.4 Å². The van der Waals surface area contributed by atoms with E-state index in [9.17, 15) is 4.39 Å². The number of rotatable bonds is 4. The van der Waals surface area contributed by atoms with Crippen LogP contribution in [0, 0.1) is 11.7 Å². The van der Waals surface area contributed by atoms with E-state index in [1.54, 1.807) is 6.07 Å². The van der Waals surface area contributed by atoms with E-state index < -0.39 is 0 Å². The minimum Gasteiger partial charge on any atom is -0.494 e. The van der Waals surface area contributed by atoms with Crippen LogP contribution in [0.3, 0.4) is 0 Å². The first-order chi connectivity index (χ1) is 8.24. The first-order valence-electron chi connectivity index (χ1n) is 5.84. The van der Waals surface area contributed by atoms with E-state index in [1.165, 1.54) is 13.5 Å². The molecule has 2 rings (SSSR count). The van der Waals surface area contributed by atoms with Gasteiger partial charge in [-0.05, 0) is 24.9 Å². The molecular weight excluding hydrogens is 285 g/mol. The molecule has 1 aliphatic heterocycles. The van der Waals surface area contributed by atoms with Crippen molar-refractivity contribution < 1.29 is 9.13 Å². The molecule has 1 saturated heterocycles. The number of ether oxygens (including phenoxy) is 1. The number of nitrogens with zero attached hydrogens (tertiary/aromatic N) is 1. The molecule has 1 unspecified atom stereocenters. The number of alkyl halides is 1. The molecule has 17 heavy (non-hydrogen) atoms. The molecular formula is C13H17BrFNO. The maximum Gasteiger partial charge on any atom is 0.169 e. The molecule has 0 radical (unpaired) electrons. The fraction of sp³-hybridized carbons (Fsp3) is 0.538. The third-order valence-electron chi connectivity index (χ3n) is 3.25. The van der Waals surface area contributed by atoms with E-state index in [4.69, 9.17) is 4.74 Å². The van der Waals surface area contributed by atoms with Gasteiger partial charge in [0.25, 0.3) is 0 Å². The van der Waals surface area contributed by atoms with Gasteiger partial charge in [0, 0.05) is 24.0 Å². The van der Waals surface area contributed by atoms with E-state index in [-0.39, 0.29) is 5.82 Å². The van der Waals surface area contributed by atoms with Gasteiger partial charge in [-0.2, -0.15) is 0 Å². The highest BCUT2D eigenvalue weighted by atomic mass is 79.9. The first-order valence-corrected chi connectivity index (χ1v) is 6.96. The van der Waals surface area contributed by atoms with Crippen LogP contribution >= 0.6 is 15.9 Å². The van der Waals surface area contributed by atoms with Crippen molar-refractivity contribution in [3.05, 3.63) is 29.6 Å². The predicted octanol–water partition coefficient (Wildman–Crippen LogP) is 3.05. The monoisotopic (exact) mass is 301 g/mol. The van der Waals surface area contributed by atoms with Crippen LogP contribution in [0.2, 0.25) is 0 Å². The number of benzene rings is 1. The Morgan fingerprint density at radius 2 is 2.35 bits per heavy atom. The zero-order valence-electron chi connectivity index (χ0n) is 9.96. The van der Waals surface area contributed by atoms with Gasteiger partial charge in [-0.1, -0.05) is 28.1 Å². The summed E-state index contributed by atoms with van der Waals surface area (Å²) in [7, 11) is 1.50. The van der Waals surface area contributed by atoms with Gasteiger partial charge in [-0.3, -0.25) is 4.90 Å². The van der Waals surface area contributed by atoms with Crippen molar-refractivity contribution in [1.29, 1.82) is 0 Å². The van der Waals surface area contributed by atoms with Crippen molar-refractivity contribution in [1.82, 2.24) is 4.90 Å². The predicted molar refractivity (Wildman–Crippen MR) is 70.1 cm³/mol. The molecule has 2 nitrogen and oxygen atoms in total. The molecule has 1 aliphatic rings. The molecule has 94 valence electrons. The van der Waals surface area contributed by atoms with Gasteiger partial charge < -0.3 is 4.74 Å². The summed E-state index contributed by atoms with van der Waals surface area (Å²) >= 11 is 3.51. The number of methoxy groups -OCH3 is 1. The van der Waals surface area contributed by atoms with Gasteiger partial charge in [0.05, 0.1) is 7.11 Å². The molecule has 1 heterocycles. The van der Waals surface area contributed by atoms with Gasteiger partial charge in [-0.25, -0.2) is 4.39 Å². The Bertz CT molecular complexity index is 386. The summed E-state index contributed by atoms with van der Waals surface area (Å²) in [6.07, 6.45) is 1.19. The highest BCUT2D eigenvalue weighted by Crippen LogP contribution is 2.24. The molecule has 1 fully saturated rings. The lowest BCUT2D eigenvalue weighted by atomic mass is 10.1. The highest BCUT2D eigenvalue weighted by molar-refractivity contribution is 9.09. The van der Waals surface area contributed by atoms with E-state index in [0.29, 0.717) is 18.2 Å². The second-order valence-electron chi connectivity index (χ2n) is 4.48. The Hall–Kier alpha value is -0.610. The smallest absolute Gasteiger partial charge is 0.169 e. The largest absolute Gasteiger partial charge is 0.494 e. The summed E-state index contributed by atoms with van der Waals surface area (Å²) in [4.78, 5) is 2.30. The van der Waals surface area contributed by atoms with Gasteiger partial charge in [0.2, 0.25) is 0 Å². The SMILES string of the molecule is COc1cccc(CN2CCC(CBr)C2)c1F. The highest BCUT2D eigenvalue weighted by Gasteiger charge is 2.22. The van der Waals surface area contributed by atoms with Crippen LogP contribution in [-0.2, 0) is 6.54 Å². The molecule has 0 saturated carbocycles. The molecule has 0 spiro atoms. The molecule has 1 aromatic carbocycles. The van der Waals surface area contributed by atoms with Gasteiger partial charge >= 0.3 is 0 Å². The summed E-state index contributed by atoms with van der Waals surface area (Å²) in [5.74, 6) is 0.805. The molecule has 1 atom stereocenters. The number of halogens is 2. The molecule has 0 N–H and O–H groups in total. The Morgan fingerprint density at radius 1 is 1.53 bits per heavy atom. The minimum atomic E-state index is -0.225. The van der Waals surface area contributed by atoms with Gasteiger partial charge in [0.15, 0.2) is 11.6 Å². The number of likely N-dealkylation sites (tertiary alicyclic amines) is 1. The van der Waals surface area contributed by atoms with E-state index >= 15 is 0 Å². The molecule has 0 aromatic heterocycles. The van der Waals surface area contributed by atoms with Crippen LogP contribution < -0.4 is 4.74 Å². The van der Waals surface area contributed by atoms with E-state index in [0.717, 1.165) is 24.0 Å². The normalized spacial score (nSPS) is 20.8. The zero-order valence-corrected chi connectivity index (χ0v) is 11.5. The molecule has 0 amide bonds. The van der Waals surface area contributed by atoms with E-state index in [1.807, 2.05) is 12.1 Å². The Balaban J connectivity index is 2.04. The summed E-state index contributed by atoms with van der Waals surface area (Å²) in [6.45, 7) is 2.77. The fourth-order valence-electron chi connectivity index (χ4n) is 2.26. The maximum atomic E-state index is 13.9. The quantitative estimate of drug-likeness (QED) is 0.793. The lowest BCUT2D eigenvalue weighted by Crippen LogP contribution is -2.21. The van der Waals surface area contributed by atoms with Crippen LogP contribution in [0.5, 0.6) is 5.75 Å². The van der Waals surface area contributed by atoms with Crippen molar-refractivity contribution >= 4 is 15.9 Å². The minimum absolute atomic E-state index is 0.225. The number of hydrogen-bond donors (Lipinski definition) is 0. The van der Waals surface area contributed by atoms with Crippen molar-refractivity contribution in [2.45, 2.75) is 13.0 Å². The third-order valence-corrected chi connectivity index (χ3v) is 4.16. The first kappa shape index (κ1) is 12.8.